The lowest BCUT2D eigenvalue weighted by Gasteiger charge is -2.27. The second kappa shape index (κ2) is 5.23. The lowest BCUT2D eigenvalue weighted by atomic mass is 10.0. The molecular formula is C16H13N3OS2. The topological polar surface area (TPSA) is 54.0 Å². The maximum Gasteiger partial charge on any atom is 0.255 e. The van der Waals surface area contributed by atoms with Gasteiger partial charge in [0, 0.05) is 16.3 Å². The Morgan fingerprint density at radius 3 is 2.91 bits per heavy atom. The largest absolute Gasteiger partial charge is 0.359 e. The molecular weight excluding hydrogens is 314 g/mol. The van der Waals surface area contributed by atoms with Crippen LogP contribution in [0.3, 0.4) is 0 Å². The number of thiazole rings is 1. The molecule has 110 valence electrons. The number of carbonyl (C=O) groups is 1. The van der Waals surface area contributed by atoms with Crippen molar-refractivity contribution < 1.29 is 4.79 Å². The summed E-state index contributed by atoms with van der Waals surface area (Å²) in [5.41, 5.74) is 4.60. The molecule has 6 heteroatoms. The average Bonchev–Trinajstić information content (AvgIpc) is 3.19. The Morgan fingerprint density at radius 1 is 1.18 bits per heavy atom. The predicted molar refractivity (Wildman–Crippen MR) is 90.4 cm³/mol. The summed E-state index contributed by atoms with van der Waals surface area (Å²) in [4.78, 5) is 16.9. The summed E-state index contributed by atoms with van der Waals surface area (Å²) >= 11 is 3.25. The van der Waals surface area contributed by atoms with Gasteiger partial charge in [-0.05, 0) is 30.0 Å². The number of para-hydroxylation sites is 1. The summed E-state index contributed by atoms with van der Waals surface area (Å²) < 4.78 is 0. The van der Waals surface area contributed by atoms with Crippen LogP contribution < -0.4 is 10.6 Å². The highest BCUT2D eigenvalue weighted by atomic mass is 32.1. The van der Waals surface area contributed by atoms with Gasteiger partial charge in [0.25, 0.3) is 5.91 Å². The van der Waals surface area contributed by atoms with Crippen molar-refractivity contribution in [3.05, 3.63) is 57.2 Å². The van der Waals surface area contributed by atoms with E-state index in [2.05, 4.69) is 27.1 Å². The van der Waals surface area contributed by atoms with Gasteiger partial charge in [0.15, 0.2) is 0 Å². The number of fused-ring (bicyclic) bond motifs is 1. The maximum atomic E-state index is 12.3. The highest BCUT2D eigenvalue weighted by Gasteiger charge is 2.27. The first-order valence-electron chi connectivity index (χ1n) is 6.87. The van der Waals surface area contributed by atoms with Crippen LogP contribution in [0.5, 0.6) is 0 Å². The third kappa shape index (κ3) is 2.20. The van der Waals surface area contributed by atoms with Crippen LogP contribution in [-0.2, 0) is 0 Å². The molecule has 0 saturated carbocycles. The number of rotatable bonds is 2. The minimum absolute atomic E-state index is 0.0625. The van der Waals surface area contributed by atoms with Crippen molar-refractivity contribution in [2.24, 2.45) is 0 Å². The van der Waals surface area contributed by atoms with Crippen LogP contribution in [0.25, 0.3) is 10.6 Å². The number of aromatic nitrogens is 1. The van der Waals surface area contributed by atoms with Gasteiger partial charge in [-0.25, -0.2) is 4.98 Å². The molecule has 4 rings (SSSR count). The van der Waals surface area contributed by atoms with Crippen LogP contribution in [-0.4, -0.2) is 10.9 Å². The van der Waals surface area contributed by atoms with Gasteiger partial charge in [0.1, 0.15) is 11.2 Å². The molecule has 3 heterocycles. The molecule has 2 N–H and O–H groups in total. The van der Waals surface area contributed by atoms with E-state index in [0.29, 0.717) is 5.56 Å². The fourth-order valence-electron chi connectivity index (χ4n) is 2.52. The summed E-state index contributed by atoms with van der Waals surface area (Å²) in [5.74, 6) is -0.0625. The van der Waals surface area contributed by atoms with Crippen LogP contribution >= 0.6 is 22.7 Å². The van der Waals surface area contributed by atoms with Gasteiger partial charge in [-0.15, -0.1) is 11.3 Å². The van der Waals surface area contributed by atoms with Crippen LogP contribution in [0.4, 0.5) is 5.69 Å². The summed E-state index contributed by atoms with van der Waals surface area (Å²) in [6.45, 7) is 2.00. The molecule has 22 heavy (non-hydrogen) atoms. The number of hydrogen-bond donors (Lipinski definition) is 2. The number of carbonyl (C=O) groups excluding carboxylic acids is 1. The number of nitrogens with zero attached hydrogens (tertiary/aromatic N) is 1. The Labute approximate surface area is 135 Å². The number of aryl methyl sites for hydroxylation is 1. The molecule has 1 unspecified atom stereocenters. The summed E-state index contributed by atoms with van der Waals surface area (Å²) in [6.07, 6.45) is -0.287. The van der Waals surface area contributed by atoms with Gasteiger partial charge < -0.3 is 10.6 Å². The third-order valence-electron chi connectivity index (χ3n) is 3.67. The summed E-state index contributed by atoms with van der Waals surface area (Å²) in [5, 5.41) is 13.4. The standard InChI is InChI=1S/C16H13N3OS2/c1-9-3-2-4-11-13(9)18-14(19-15(11)20)12-8-22-16(17-12)10-5-6-21-7-10/h2-8,14,18H,1H3,(H,19,20). The monoisotopic (exact) mass is 327 g/mol. The number of nitrogens with one attached hydrogen (secondary N) is 2. The van der Waals surface area contributed by atoms with E-state index in [9.17, 15) is 4.79 Å². The third-order valence-corrected chi connectivity index (χ3v) is 5.26. The van der Waals surface area contributed by atoms with Crippen molar-refractivity contribution in [2.45, 2.75) is 13.1 Å². The van der Waals surface area contributed by atoms with Gasteiger partial charge in [-0.3, -0.25) is 4.79 Å². The molecule has 1 aliphatic heterocycles. The lowest BCUT2D eigenvalue weighted by Crippen LogP contribution is -2.38. The number of benzene rings is 1. The number of amides is 1. The van der Waals surface area contributed by atoms with Gasteiger partial charge >= 0.3 is 0 Å². The fourth-order valence-corrected chi connectivity index (χ4v) is 4.08. The smallest absolute Gasteiger partial charge is 0.255 e. The Morgan fingerprint density at radius 2 is 2.09 bits per heavy atom. The first-order valence-corrected chi connectivity index (χ1v) is 8.69. The normalized spacial score (nSPS) is 16.8. The van der Waals surface area contributed by atoms with Crippen molar-refractivity contribution in [2.75, 3.05) is 5.32 Å². The molecule has 0 aliphatic carbocycles. The van der Waals surface area contributed by atoms with Crippen LogP contribution in [0.1, 0.15) is 27.8 Å². The number of anilines is 1. The molecule has 0 saturated heterocycles. The molecule has 1 aliphatic rings. The molecule has 2 aromatic heterocycles. The fraction of sp³-hybridized carbons (Fsp3) is 0.125. The van der Waals surface area contributed by atoms with Crippen molar-refractivity contribution >= 4 is 34.3 Å². The first-order chi connectivity index (χ1) is 10.7. The van der Waals surface area contributed by atoms with E-state index >= 15 is 0 Å². The number of hydrogen-bond acceptors (Lipinski definition) is 5. The molecule has 1 aromatic carbocycles. The first kappa shape index (κ1) is 13.5. The Kier molecular flexibility index (Phi) is 3.20. The van der Waals surface area contributed by atoms with E-state index in [4.69, 9.17) is 0 Å². The zero-order valence-corrected chi connectivity index (χ0v) is 13.4. The Bertz CT molecular complexity index is 839. The summed E-state index contributed by atoms with van der Waals surface area (Å²) in [6, 6.07) is 7.78. The van der Waals surface area contributed by atoms with Gasteiger partial charge in [-0.1, -0.05) is 12.1 Å². The molecule has 0 radical (unpaired) electrons. The van der Waals surface area contributed by atoms with E-state index in [1.165, 1.54) is 0 Å². The van der Waals surface area contributed by atoms with E-state index in [-0.39, 0.29) is 12.1 Å². The Hall–Kier alpha value is -2.18. The van der Waals surface area contributed by atoms with Gasteiger partial charge in [0.2, 0.25) is 0 Å². The molecule has 3 aromatic rings. The van der Waals surface area contributed by atoms with E-state index in [1.807, 2.05) is 35.9 Å². The van der Waals surface area contributed by atoms with Crippen LogP contribution in [0.2, 0.25) is 0 Å². The predicted octanol–water partition coefficient (Wildman–Crippen LogP) is 4.03. The average molecular weight is 327 g/mol. The van der Waals surface area contributed by atoms with Crippen LogP contribution in [0.15, 0.2) is 40.4 Å². The van der Waals surface area contributed by atoms with Crippen molar-refractivity contribution in [3.63, 3.8) is 0 Å². The lowest BCUT2D eigenvalue weighted by molar-refractivity contribution is 0.0935. The second-order valence-corrected chi connectivity index (χ2v) is 6.78. The number of thiophene rings is 1. The highest BCUT2D eigenvalue weighted by molar-refractivity contribution is 7.14. The molecule has 0 spiro atoms. The zero-order chi connectivity index (χ0) is 15.1. The van der Waals surface area contributed by atoms with E-state index < -0.39 is 0 Å². The van der Waals surface area contributed by atoms with Crippen molar-refractivity contribution in [1.29, 1.82) is 0 Å². The second-order valence-electron chi connectivity index (χ2n) is 5.14. The van der Waals surface area contributed by atoms with Crippen molar-refractivity contribution in [1.82, 2.24) is 10.3 Å². The molecule has 0 fully saturated rings. The van der Waals surface area contributed by atoms with Gasteiger partial charge in [-0.2, -0.15) is 11.3 Å². The van der Waals surface area contributed by atoms with Crippen molar-refractivity contribution in [3.8, 4) is 10.6 Å². The van der Waals surface area contributed by atoms with E-state index in [0.717, 1.165) is 27.5 Å². The molecule has 1 atom stereocenters. The minimum Gasteiger partial charge on any atom is -0.359 e. The zero-order valence-electron chi connectivity index (χ0n) is 11.8. The Balaban J connectivity index is 1.68. The summed E-state index contributed by atoms with van der Waals surface area (Å²) in [7, 11) is 0. The van der Waals surface area contributed by atoms with Crippen LogP contribution in [0, 0.1) is 6.92 Å². The quantitative estimate of drug-likeness (QED) is 0.747. The molecule has 0 bridgehead atoms. The molecule has 1 amide bonds. The highest BCUT2D eigenvalue weighted by Crippen LogP contribution is 2.32. The molecule has 4 nitrogen and oxygen atoms in total. The maximum absolute atomic E-state index is 12.3. The SMILES string of the molecule is Cc1cccc2c1NC(c1csc(-c3ccsc3)n1)NC2=O. The van der Waals surface area contributed by atoms with E-state index in [1.54, 1.807) is 22.7 Å². The minimum atomic E-state index is -0.287. The van der Waals surface area contributed by atoms with Gasteiger partial charge in [0.05, 0.1) is 16.9 Å².